The molecule has 0 fully saturated rings. The third-order valence-corrected chi connectivity index (χ3v) is 5.53. The van der Waals surface area contributed by atoms with Gasteiger partial charge in [-0.15, -0.1) is 4.40 Å². The summed E-state index contributed by atoms with van der Waals surface area (Å²) in [7, 11) is -2.13. The molecule has 1 aliphatic rings. The number of fused-ring (bicyclic) bond motifs is 1. The van der Waals surface area contributed by atoms with Gasteiger partial charge in [0.25, 0.3) is 15.9 Å². The van der Waals surface area contributed by atoms with Crippen LogP contribution in [0.15, 0.2) is 57.8 Å². The average molecular weight is 414 g/mol. The fourth-order valence-corrected chi connectivity index (χ4v) is 4.16. The number of anilines is 1. The van der Waals surface area contributed by atoms with Crippen molar-refractivity contribution in [3.05, 3.63) is 59.7 Å². The minimum Gasteiger partial charge on any atom is -0.350 e. The summed E-state index contributed by atoms with van der Waals surface area (Å²) in [6, 6.07) is 13.1. The van der Waals surface area contributed by atoms with E-state index in [-0.39, 0.29) is 35.1 Å². The number of amides is 2. The van der Waals surface area contributed by atoms with Gasteiger partial charge in [0.2, 0.25) is 5.91 Å². The molecule has 1 heterocycles. The van der Waals surface area contributed by atoms with Gasteiger partial charge < -0.3 is 15.5 Å². The highest BCUT2D eigenvalue weighted by Crippen LogP contribution is 2.26. The van der Waals surface area contributed by atoms with E-state index in [4.69, 9.17) is 0 Å². The van der Waals surface area contributed by atoms with Gasteiger partial charge in [0, 0.05) is 29.9 Å². The Labute approximate surface area is 169 Å². The summed E-state index contributed by atoms with van der Waals surface area (Å²) in [5.41, 5.74) is 1.50. The average Bonchev–Trinajstić information content (AvgIpc) is 2.93. The number of benzene rings is 2. The van der Waals surface area contributed by atoms with Gasteiger partial charge in [-0.1, -0.05) is 12.1 Å². The summed E-state index contributed by atoms with van der Waals surface area (Å²) in [5.74, 6) is -0.287. The predicted molar refractivity (Wildman–Crippen MR) is 110 cm³/mol. The lowest BCUT2D eigenvalue weighted by Crippen LogP contribution is -2.34. The second-order valence-corrected chi connectivity index (χ2v) is 8.57. The van der Waals surface area contributed by atoms with E-state index in [1.54, 1.807) is 49.5 Å². The van der Waals surface area contributed by atoms with E-state index in [0.29, 0.717) is 16.8 Å². The number of amidine groups is 1. The molecule has 0 atom stereocenters. The Morgan fingerprint density at radius 1 is 1.07 bits per heavy atom. The Morgan fingerprint density at radius 2 is 1.72 bits per heavy atom. The zero-order valence-electron chi connectivity index (χ0n) is 16.3. The Kier molecular flexibility index (Phi) is 5.69. The van der Waals surface area contributed by atoms with Crippen molar-refractivity contribution in [1.82, 2.24) is 10.2 Å². The summed E-state index contributed by atoms with van der Waals surface area (Å²) in [6.45, 7) is 3.67. The first-order valence-electron chi connectivity index (χ1n) is 9.03. The largest absolute Gasteiger partial charge is 0.350 e. The molecule has 0 unspecified atom stereocenters. The van der Waals surface area contributed by atoms with Crippen molar-refractivity contribution in [2.24, 2.45) is 4.40 Å². The van der Waals surface area contributed by atoms with Crippen LogP contribution in [0.4, 0.5) is 5.69 Å². The van der Waals surface area contributed by atoms with Gasteiger partial charge in [0.1, 0.15) is 4.90 Å². The second-order valence-electron chi connectivity index (χ2n) is 7.00. The van der Waals surface area contributed by atoms with Crippen molar-refractivity contribution in [1.29, 1.82) is 0 Å². The minimum atomic E-state index is -3.74. The SMILES string of the molecule is CC(C)NC(=O)c1ccc(NC(=O)CN(C)C2=NS(=O)(=O)c3ccccc32)cc1. The number of sulfonamides is 1. The molecule has 1 aliphatic heterocycles. The number of hydrogen-bond acceptors (Lipinski definition) is 5. The molecule has 2 aromatic rings. The molecule has 2 N–H and O–H groups in total. The molecule has 29 heavy (non-hydrogen) atoms. The highest BCUT2D eigenvalue weighted by Gasteiger charge is 2.30. The molecular weight excluding hydrogens is 392 g/mol. The summed E-state index contributed by atoms with van der Waals surface area (Å²) < 4.78 is 28.1. The van der Waals surface area contributed by atoms with Crippen LogP contribution in [-0.4, -0.2) is 50.6 Å². The Balaban J connectivity index is 1.65. The first-order valence-corrected chi connectivity index (χ1v) is 10.5. The van der Waals surface area contributed by atoms with Crippen LogP contribution >= 0.6 is 0 Å². The molecule has 3 rings (SSSR count). The molecule has 152 valence electrons. The number of carbonyl (C=O) groups is 2. The smallest absolute Gasteiger partial charge is 0.285 e. The normalized spacial score (nSPS) is 14.1. The summed E-state index contributed by atoms with van der Waals surface area (Å²) in [5, 5.41) is 5.53. The van der Waals surface area contributed by atoms with Crippen LogP contribution in [0.25, 0.3) is 0 Å². The maximum Gasteiger partial charge on any atom is 0.285 e. The molecule has 0 aromatic heterocycles. The molecule has 0 radical (unpaired) electrons. The molecule has 2 aromatic carbocycles. The lowest BCUT2D eigenvalue weighted by molar-refractivity contribution is -0.116. The fraction of sp³-hybridized carbons (Fsp3) is 0.250. The van der Waals surface area contributed by atoms with E-state index in [9.17, 15) is 18.0 Å². The maximum absolute atomic E-state index is 12.4. The molecule has 0 spiro atoms. The predicted octanol–water partition coefficient (Wildman–Crippen LogP) is 1.84. The molecule has 9 heteroatoms. The van der Waals surface area contributed by atoms with Crippen LogP contribution in [0.1, 0.15) is 29.8 Å². The van der Waals surface area contributed by atoms with Gasteiger partial charge in [-0.05, 0) is 50.2 Å². The molecule has 0 aliphatic carbocycles. The molecule has 0 saturated heterocycles. The fourth-order valence-electron chi connectivity index (χ4n) is 2.91. The molecule has 2 amide bonds. The Morgan fingerprint density at radius 3 is 2.38 bits per heavy atom. The zero-order valence-corrected chi connectivity index (χ0v) is 17.2. The van der Waals surface area contributed by atoms with Gasteiger partial charge in [-0.2, -0.15) is 8.42 Å². The van der Waals surface area contributed by atoms with Crippen molar-refractivity contribution < 1.29 is 18.0 Å². The third-order valence-electron chi connectivity index (χ3n) is 4.21. The number of nitrogens with zero attached hydrogens (tertiary/aromatic N) is 2. The first-order chi connectivity index (χ1) is 13.7. The lowest BCUT2D eigenvalue weighted by atomic mass is 10.2. The van der Waals surface area contributed by atoms with E-state index in [2.05, 4.69) is 15.0 Å². The summed E-state index contributed by atoms with van der Waals surface area (Å²) in [6.07, 6.45) is 0. The van der Waals surface area contributed by atoms with Gasteiger partial charge in [0.05, 0.1) is 6.54 Å². The number of carbonyl (C=O) groups excluding carboxylic acids is 2. The molecule has 0 bridgehead atoms. The van der Waals surface area contributed by atoms with Crippen LogP contribution < -0.4 is 10.6 Å². The second kappa shape index (κ2) is 8.04. The van der Waals surface area contributed by atoms with Crippen LogP contribution in [0.5, 0.6) is 0 Å². The monoisotopic (exact) mass is 414 g/mol. The highest BCUT2D eigenvalue weighted by atomic mass is 32.2. The molecule has 0 saturated carbocycles. The number of hydrogen-bond donors (Lipinski definition) is 2. The zero-order chi connectivity index (χ0) is 21.2. The van der Waals surface area contributed by atoms with Gasteiger partial charge >= 0.3 is 0 Å². The standard InChI is InChI=1S/C20H22N4O4S/c1-13(2)21-20(26)14-8-10-15(11-9-14)22-18(25)12-24(3)19-16-6-4-5-7-17(16)29(27,28)23-19/h4-11,13H,12H2,1-3H3,(H,21,26)(H,22,25). The summed E-state index contributed by atoms with van der Waals surface area (Å²) >= 11 is 0. The van der Waals surface area contributed by atoms with Crippen LogP contribution in [-0.2, 0) is 14.8 Å². The van der Waals surface area contributed by atoms with Crippen molar-refractivity contribution in [2.45, 2.75) is 24.8 Å². The Bertz CT molecular complexity index is 1080. The van der Waals surface area contributed by atoms with E-state index < -0.39 is 10.0 Å². The van der Waals surface area contributed by atoms with Crippen molar-refractivity contribution in [2.75, 3.05) is 18.9 Å². The van der Waals surface area contributed by atoms with Gasteiger partial charge in [0.15, 0.2) is 5.84 Å². The van der Waals surface area contributed by atoms with Crippen molar-refractivity contribution in [3.63, 3.8) is 0 Å². The number of rotatable bonds is 5. The number of nitrogens with one attached hydrogen (secondary N) is 2. The topological polar surface area (TPSA) is 108 Å². The van der Waals surface area contributed by atoms with Crippen LogP contribution in [0.2, 0.25) is 0 Å². The quantitative estimate of drug-likeness (QED) is 0.776. The highest BCUT2D eigenvalue weighted by molar-refractivity contribution is 7.90. The molecular formula is C20H22N4O4S. The maximum atomic E-state index is 12.4. The third kappa shape index (κ3) is 4.62. The van der Waals surface area contributed by atoms with E-state index in [0.717, 1.165) is 0 Å². The van der Waals surface area contributed by atoms with E-state index in [1.807, 2.05) is 13.8 Å². The summed E-state index contributed by atoms with van der Waals surface area (Å²) in [4.78, 5) is 26.0. The van der Waals surface area contributed by atoms with Crippen LogP contribution in [0.3, 0.4) is 0 Å². The van der Waals surface area contributed by atoms with Crippen molar-refractivity contribution in [3.8, 4) is 0 Å². The van der Waals surface area contributed by atoms with Crippen molar-refractivity contribution >= 4 is 33.4 Å². The lowest BCUT2D eigenvalue weighted by Gasteiger charge is -2.18. The van der Waals surface area contributed by atoms with E-state index in [1.165, 1.54) is 11.0 Å². The number of likely N-dealkylation sites (N-methyl/N-ethyl adjacent to an activating group) is 1. The first kappa shape index (κ1) is 20.5. The van der Waals surface area contributed by atoms with Gasteiger partial charge in [-0.25, -0.2) is 0 Å². The minimum absolute atomic E-state index is 0.0323. The molecule has 8 nitrogen and oxygen atoms in total. The Hall–Kier alpha value is -3.20. The van der Waals surface area contributed by atoms with Gasteiger partial charge in [-0.3, -0.25) is 9.59 Å². The van der Waals surface area contributed by atoms with Crippen LogP contribution in [0, 0.1) is 0 Å². The van der Waals surface area contributed by atoms with E-state index >= 15 is 0 Å².